The zero-order chi connectivity index (χ0) is 20.7. The van der Waals surface area contributed by atoms with Crippen molar-refractivity contribution in [3.63, 3.8) is 0 Å². The van der Waals surface area contributed by atoms with Crippen LogP contribution in [0.2, 0.25) is 0 Å². The monoisotopic (exact) mass is 396 g/mol. The molecule has 0 N–H and O–H groups in total. The standard InChI is InChI=1S/C24H44O4/c1-3-5-7-9-11-13-17-21-27-23(25)19-15-16-20-24(26)28-22-18-14-12-10-8-6-4-2/h11,13H,3-10,12,14-22H2,1-2H3/b13-11-. The molecule has 0 saturated heterocycles. The molecule has 0 aromatic heterocycles. The highest BCUT2D eigenvalue weighted by atomic mass is 16.5. The molecule has 164 valence electrons. The lowest BCUT2D eigenvalue weighted by molar-refractivity contribution is -0.145. The highest BCUT2D eigenvalue weighted by Crippen LogP contribution is 2.08. The molecule has 0 rings (SSSR count). The van der Waals surface area contributed by atoms with Crippen LogP contribution in [-0.4, -0.2) is 25.2 Å². The summed E-state index contributed by atoms with van der Waals surface area (Å²) in [5.74, 6) is -0.316. The van der Waals surface area contributed by atoms with Crippen molar-refractivity contribution in [3.8, 4) is 0 Å². The molecule has 0 aliphatic heterocycles. The average Bonchev–Trinajstić information content (AvgIpc) is 2.69. The summed E-state index contributed by atoms with van der Waals surface area (Å²) in [4.78, 5) is 23.3. The van der Waals surface area contributed by atoms with Crippen LogP contribution in [0.3, 0.4) is 0 Å². The minimum atomic E-state index is -0.171. The second kappa shape index (κ2) is 22.0. The van der Waals surface area contributed by atoms with Crippen LogP contribution in [0.15, 0.2) is 12.2 Å². The first-order valence-electron chi connectivity index (χ1n) is 11.7. The van der Waals surface area contributed by atoms with Crippen LogP contribution in [0.1, 0.15) is 117 Å². The van der Waals surface area contributed by atoms with Crippen molar-refractivity contribution in [2.24, 2.45) is 0 Å². The van der Waals surface area contributed by atoms with Crippen LogP contribution in [-0.2, 0) is 19.1 Å². The second-order valence-electron chi connectivity index (χ2n) is 7.53. The van der Waals surface area contributed by atoms with Gasteiger partial charge in [-0.3, -0.25) is 9.59 Å². The first-order chi connectivity index (χ1) is 13.7. The maximum atomic E-state index is 11.7. The van der Waals surface area contributed by atoms with Crippen LogP contribution in [0.5, 0.6) is 0 Å². The summed E-state index contributed by atoms with van der Waals surface area (Å²) in [6, 6.07) is 0. The third-order valence-electron chi connectivity index (χ3n) is 4.71. The summed E-state index contributed by atoms with van der Waals surface area (Å²) < 4.78 is 10.4. The Morgan fingerprint density at radius 1 is 0.571 bits per heavy atom. The molecule has 0 fully saturated rings. The molecule has 0 saturated carbocycles. The SMILES string of the molecule is CCCCC/C=C\CCOC(=O)CCCCC(=O)OCCCCCCCCC. The summed E-state index contributed by atoms with van der Waals surface area (Å²) in [5, 5.41) is 0. The van der Waals surface area contributed by atoms with Gasteiger partial charge in [0.1, 0.15) is 0 Å². The van der Waals surface area contributed by atoms with Gasteiger partial charge in [-0.05, 0) is 38.5 Å². The number of carbonyl (C=O) groups is 2. The number of hydrogen-bond donors (Lipinski definition) is 0. The van der Waals surface area contributed by atoms with E-state index >= 15 is 0 Å². The minimum absolute atomic E-state index is 0.146. The summed E-state index contributed by atoms with van der Waals surface area (Å²) in [5.41, 5.74) is 0. The molecule has 4 nitrogen and oxygen atoms in total. The zero-order valence-corrected chi connectivity index (χ0v) is 18.5. The van der Waals surface area contributed by atoms with E-state index in [2.05, 4.69) is 26.0 Å². The van der Waals surface area contributed by atoms with Crippen molar-refractivity contribution in [1.82, 2.24) is 0 Å². The largest absolute Gasteiger partial charge is 0.466 e. The Balaban J connectivity index is 3.36. The fourth-order valence-electron chi connectivity index (χ4n) is 2.92. The molecule has 28 heavy (non-hydrogen) atoms. The van der Waals surface area contributed by atoms with Crippen LogP contribution in [0, 0.1) is 0 Å². The third-order valence-corrected chi connectivity index (χ3v) is 4.71. The van der Waals surface area contributed by atoms with Crippen molar-refractivity contribution in [2.75, 3.05) is 13.2 Å². The summed E-state index contributed by atoms with van der Waals surface area (Å²) >= 11 is 0. The van der Waals surface area contributed by atoms with Crippen molar-refractivity contribution >= 4 is 11.9 Å². The number of hydrogen-bond acceptors (Lipinski definition) is 4. The maximum absolute atomic E-state index is 11.7. The Morgan fingerprint density at radius 3 is 1.71 bits per heavy atom. The summed E-state index contributed by atoms with van der Waals surface area (Å²) in [7, 11) is 0. The molecule has 0 bridgehead atoms. The Bertz CT molecular complexity index is 390. The number of allylic oxidation sites excluding steroid dienone is 1. The van der Waals surface area contributed by atoms with E-state index in [9.17, 15) is 9.59 Å². The molecule has 0 spiro atoms. The molecule has 0 amide bonds. The minimum Gasteiger partial charge on any atom is -0.466 e. The van der Waals surface area contributed by atoms with E-state index in [0.717, 1.165) is 25.7 Å². The molecule has 0 aliphatic rings. The third kappa shape index (κ3) is 21.0. The van der Waals surface area contributed by atoms with E-state index in [4.69, 9.17) is 9.47 Å². The fraction of sp³-hybridized carbons (Fsp3) is 0.833. The van der Waals surface area contributed by atoms with Crippen LogP contribution < -0.4 is 0 Å². The van der Waals surface area contributed by atoms with Crippen molar-refractivity contribution in [2.45, 2.75) is 117 Å². The number of rotatable bonds is 20. The zero-order valence-electron chi connectivity index (χ0n) is 18.5. The maximum Gasteiger partial charge on any atom is 0.305 e. The van der Waals surface area contributed by atoms with Crippen LogP contribution in [0.25, 0.3) is 0 Å². The van der Waals surface area contributed by atoms with Gasteiger partial charge >= 0.3 is 11.9 Å². The van der Waals surface area contributed by atoms with E-state index in [0.29, 0.717) is 38.9 Å². The smallest absolute Gasteiger partial charge is 0.305 e. The quantitative estimate of drug-likeness (QED) is 0.127. The van der Waals surface area contributed by atoms with Gasteiger partial charge < -0.3 is 9.47 Å². The number of ether oxygens (including phenoxy) is 2. The molecule has 0 aliphatic carbocycles. The predicted octanol–water partition coefficient (Wildman–Crippen LogP) is 6.91. The van der Waals surface area contributed by atoms with Crippen LogP contribution >= 0.6 is 0 Å². The van der Waals surface area contributed by atoms with Gasteiger partial charge in [0.2, 0.25) is 0 Å². The first kappa shape index (κ1) is 26.7. The normalized spacial score (nSPS) is 11.1. The average molecular weight is 397 g/mol. The Hall–Kier alpha value is -1.32. The van der Waals surface area contributed by atoms with Gasteiger partial charge in [0.15, 0.2) is 0 Å². The van der Waals surface area contributed by atoms with Gasteiger partial charge in [-0.1, -0.05) is 77.4 Å². The van der Waals surface area contributed by atoms with Gasteiger partial charge in [-0.15, -0.1) is 0 Å². The molecular weight excluding hydrogens is 352 g/mol. The van der Waals surface area contributed by atoms with Gasteiger partial charge in [-0.2, -0.15) is 0 Å². The topological polar surface area (TPSA) is 52.6 Å². The Kier molecular flexibility index (Phi) is 20.9. The van der Waals surface area contributed by atoms with E-state index in [1.54, 1.807) is 0 Å². The van der Waals surface area contributed by atoms with E-state index in [1.165, 1.54) is 51.4 Å². The fourth-order valence-corrected chi connectivity index (χ4v) is 2.92. The molecule has 0 radical (unpaired) electrons. The molecule has 0 atom stereocenters. The van der Waals surface area contributed by atoms with Gasteiger partial charge in [0, 0.05) is 12.8 Å². The van der Waals surface area contributed by atoms with Crippen molar-refractivity contribution < 1.29 is 19.1 Å². The Morgan fingerprint density at radius 2 is 1.07 bits per heavy atom. The van der Waals surface area contributed by atoms with Gasteiger partial charge in [0.05, 0.1) is 13.2 Å². The van der Waals surface area contributed by atoms with E-state index < -0.39 is 0 Å². The molecule has 4 heteroatoms. The van der Waals surface area contributed by atoms with Crippen molar-refractivity contribution in [3.05, 3.63) is 12.2 Å². The van der Waals surface area contributed by atoms with Crippen molar-refractivity contribution in [1.29, 1.82) is 0 Å². The molecule has 0 aromatic rings. The number of carbonyl (C=O) groups excluding carboxylic acids is 2. The summed E-state index contributed by atoms with van der Waals surface area (Å²) in [6.07, 6.45) is 20.5. The van der Waals surface area contributed by atoms with Gasteiger partial charge in [-0.25, -0.2) is 0 Å². The highest BCUT2D eigenvalue weighted by molar-refractivity contribution is 5.70. The van der Waals surface area contributed by atoms with E-state index in [-0.39, 0.29) is 11.9 Å². The van der Waals surface area contributed by atoms with E-state index in [1.807, 2.05) is 0 Å². The Labute approximate surface area is 173 Å². The molecule has 0 unspecified atom stereocenters. The number of esters is 2. The van der Waals surface area contributed by atoms with Crippen LogP contribution in [0.4, 0.5) is 0 Å². The lowest BCUT2D eigenvalue weighted by atomic mass is 10.1. The highest BCUT2D eigenvalue weighted by Gasteiger charge is 2.06. The second-order valence-corrected chi connectivity index (χ2v) is 7.53. The molecule has 0 aromatic carbocycles. The molecule has 0 heterocycles. The lowest BCUT2D eigenvalue weighted by Crippen LogP contribution is -2.07. The number of unbranched alkanes of at least 4 members (excludes halogenated alkanes) is 10. The lowest BCUT2D eigenvalue weighted by Gasteiger charge is -2.05. The first-order valence-corrected chi connectivity index (χ1v) is 11.7. The van der Waals surface area contributed by atoms with Gasteiger partial charge in [0.25, 0.3) is 0 Å². The molecular formula is C24H44O4. The predicted molar refractivity (Wildman–Crippen MR) is 116 cm³/mol. The summed E-state index contributed by atoms with van der Waals surface area (Å²) in [6.45, 7) is 5.39.